The molecule has 2 N–H and O–H groups in total. The summed E-state index contributed by atoms with van der Waals surface area (Å²) in [5.41, 5.74) is 8.81. The van der Waals surface area contributed by atoms with Crippen LogP contribution in [0.15, 0.2) is 24.3 Å². The summed E-state index contributed by atoms with van der Waals surface area (Å²) >= 11 is 0. The van der Waals surface area contributed by atoms with Gasteiger partial charge in [-0.05, 0) is 31.7 Å². The maximum absolute atomic E-state index is 6.05. The minimum absolute atomic E-state index is 0.380. The topological polar surface area (TPSA) is 26.0 Å². The summed E-state index contributed by atoms with van der Waals surface area (Å²) < 4.78 is 0. The van der Waals surface area contributed by atoms with Gasteiger partial charge >= 0.3 is 0 Å². The van der Waals surface area contributed by atoms with E-state index in [0.717, 1.165) is 12.8 Å². The molecule has 1 nitrogen and oxygen atoms in total. The van der Waals surface area contributed by atoms with E-state index in [-0.39, 0.29) is 0 Å². The van der Waals surface area contributed by atoms with Gasteiger partial charge in [0, 0.05) is 6.04 Å². The predicted octanol–water partition coefficient (Wildman–Crippen LogP) is 3.45. The van der Waals surface area contributed by atoms with E-state index in [2.05, 4.69) is 38.1 Å². The Morgan fingerprint density at radius 2 is 2.07 bits per heavy atom. The van der Waals surface area contributed by atoms with Crippen LogP contribution in [-0.4, -0.2) is 6.04 Å². The van der Waals surface area contributed by atoms with Gasteiger partial charge in [-0.2, -0.15) is 0 Å². The molecule has 0 fully saturated rings. The molecule has 0 spiro atoms. The fourth-order valence-electron chi connectivity index (χ4n) is 1.83. The number of unbranched alkanes of at least 4 members (excludes halogenated alkanes) is 1. The Morgan fingerprint density at radius 1 is 1.27 bits per heavy atom. The smallest absolute Gasteiger partial charge is 0.00419 e. The first-order chi connectivity index (χ1) is 7.22. The fourth-order valence-corrected chi connectivity index (χ4v) is 1.83. The Balaban J connectivity index is 2.30. The number of rotatable bonds is 6. The molecule has 0 aliphatic heterocycles. The molecule has 1 unspecified atom stereocenters. The molecule has 0 radical (unpaired) electrons. The second-order valence-electron chi connectivity index (χ2n) is 4.43. The van der Waals surface area contributed by atoms with E-state index in [1.54, 1.807) is 0 Å². The molecule has 15 heavy (non-hydrogen) atoms. The van der Waals surface area contributed by atoms with E-state index in [4.69, 9.17) is 5.73 Å². The van der Waals surface area contributed by atoms with Crippen LogP contribution in [0, 0.1) is 6.92 Å². The van der Waals surface area contributed by atoms with Gasteiger partial charge in [0.25, 0.3) is 0 Å². The summed E-state index contributed by atoms with van der Waals surface area (Å²) in [6.45, 7) is 4.35. The molecule has 0 aliphatic carbocycles. The first-order valence-electron chi connectivity index (χ1n) is 6.03. The first kappa shape index (κ1) is 12.3. The van der Waals surface area contributed by atoms with Gasteiger partial charge in [-0.1, -0.05) is 49.6 Å². The molecule has 0 aromatic heterocycles. The summed E-state index contributed by atoms with van der Waals surface area (Å²) in [5, 5.41) is 0. The van der Waals surface area contributed by atoms with Crippen molar-refractivity contribution in [1.29, 1.82) is 0 Å². The summed E-state index contributed by atoms with van der Waals surface area (Å²) in [6.07, 6.45) is 5.91. The first-order valence-corrected chi connectivity index (χ1v) is 6.03. The van der Waals surface area contributed by atoms with Crippen LogP contribution in [0.25, 0.3) is 0 Å². The Bertz CT molecular complexity index is 280. The molecule has 1 aromatic carbocycles. The van der Waals surface area contributed by atoms with Crippen molar-refractivity contribution < 1.29 is 0 Å². The van der Waals surface area contributed by atoms with Crippen LogP contribution in [0.3, 0.4) is 0 Å². The molecule has 0 heterocycles. The second-order valence-corrected chi connectivity index (χ2v) is 4.43. The van der Waals surface area contributed by atoms with Crippen molar-refractivity contribution in [2.75, 3.05) is 0 Å². The lowest BCUT2D eigenvalue weighted by Gasteiger charge is -2.10. The Kier molecular flexibility index (Phi) is 5.41. The Hall–Kier alpha value is -0.820. The van der Waals surface area contributed by atoms with Crippen LogP contribution in [0.5, 0.6) is 0 Å². The van der Waals surface area contributed by atoms with Gasteiger partial charge < -0.3 is 5.73 Å². The van der Waals surface area contributed by atoms with E-state index in [1.165, 1.54) is 30.4 Å². The number of hydrogen-bond acceptors (Lipinski definition) is 1. The third-order valence-corrected chi connectivity index (χ3v) is 2.81. The zero-order valence-corrected chi connectivity index (χ0v) is 10.00. The van der Waals surface area contributed by atoms with Gasteiger partial charge in [0.15, 0.2) is 0 Å². The normalized spacial score (nSPS) is 12.7. The van der Waals surface area contributed by atoms with E-state index in [9.17, 15) is 0 Å². The van der Waals surface area contributed by atoms with E-state index in [1.807, 2.05) is 0 Å². The maximum atomic E-state index is 6.05. The van der Waals surface area contributed by atoms with Gasteiger partial charge in [-0.15, -0.1) is 0 Å². The van der Waals surface area contributed by atoms with Gasteiger partial charge in [-0.25, -0.2) is 0 Å². The number of benzene rings is 1. The largest absolute Gasteiger partial charge is 0.328 e. The lowest BCUT2D eigenvalue weighted by molar-refractivity contribution is 0.541. The van der Waals surface area contributed by atoms with Crippen LogP contribution < -0.4 is 5.73 Å². The highest BCUT2D eigenvalue weighted by Crippen LogP contribution is 2.10. The van der Waals surface area contributed by atoms with Crippen molar-refractivity contribution in [3.05, 3.63) is 35.4 Å². The van der Waals surface area contributed by atoms with Crippen LogP contribution >= 0.6 is 0 Å². The van der Waals surface area contributed by atoms with Crippen molar-refractivity contribution in [2.24, 2.45) is 5.73 Å². The molecular weight excluding hydrogens is 182 g/mol. The van der Waals surface area contributed by atoms with Crippen LogP contribution in [0.4, 0.5) is 0 Å². The van der Waals surface area contributed by atoms with Crippen molar-refractivity contribution in [2.45, 2.75) is 52.0 Å². The van der Waals surface area contributed by atoms with Crippen LogP contribution in [-0.2, 0) is 6.42 Å². The van der Waals surface area contributed by atoms with Crippen molar-refractivity contribution in [1.82, 2.24) is 0 Å². The minimum atomic E-state index is 0.380. The summed E-state index contributed by atoms with van der Waals surface area (Å²) in [7, 11) is 0. The molecule has 1 rings (SSSR count). The average molecular weight is 205 g/mol. The van der Waals surface area contributed by atoms with Gasteiger partial charge in [0.1, 0.15) is 0 Å². The SMILES string of the molecule is CCCCC(N)CCc1cccc(C)c1. The molecule has 0 saturated carbocycles. The molecule has 1 atom stereocenters. The summed E-state index contributed by atoms with van der Waals surface area (Å²) in [6, 6.07) is 9.10. The minimum Gasteiger partial charge on any atom is -0.328 e. The predicted molar refractivity (Wildman–Crippen MR) is 67.0 cm³/mol. The van der Waals surface area contributed by atoms with Crippen molar-refractivity contribution in [3.8, 4) is 0 Å². The fraction of sp³-hybridized carbons (Fsp3) is 0.571. The van der Waals surface area contributed by atoms with E-state index in [0.29, 0.717) is 6.04 Å². The maximum Gasteiger partial charge on any atom is 0.00419 e. The summed E-state index contributed by atoms with van der Waals surface area (Å²) in [4.78, 5) is 0. The lowest BCUT2D eigenvalue weighted by Crippen LogP contribution is -2.20. The van der Waals surface area contributed by atoms with E-state index < -0.39 is 0 Å². The lowest BCUT2D eigenvalue weighted by atomic mass is 10.0. The average Bonchev–Trinajstić information content (AvgIpc) is 2.23. The number of hydrogen-bond donors (Lipinski definition) is 1. The Labute approximate surface area is 93.7 Å². The quantitative estimate of drug-likeness (QED) is 0.756. The zero-order valence-electron chi connectivity index (χ0n) is 10.00. The monoisotopic (exact) mass is 205 g/mol. The molecule has 1 aromatic rings. The Morgan fingerprint density at radius 3 is 2.73 bits per heavy atom. The van der Waals surface area contributed by atoms with Crippen molar-refractivity contribution in [3.63, 3.8) is 0 Å². The zero-order chi connectivity index (χ0) is 11.1. The second kappa shape index (κ2) is 6.62. The van der Waals surface area contributed by atoms with Gasteiger partial charge in [0.05, 0.1) is 0 Å². The highest BCUT2D eigenvalue weighted by atomic mass is 14.6. The molecular formula is C14H23N. The highest BCUT2D eigenvalue weighted by molar-refractivity contribution is 5.22. The standard InChI is InChI=1S/C14H23N/c1-3-4-8-14(15)10-9-13-7-5-6-12(2)11-13/h5-7,11,14H,3-4,8-10,15H2,1-2H3. The van der Waals surface area contributed by atoms with Crippen LogP contribution in [0.2, 0.25) is 0 Å². The van der Waals surface area contributed by atoms with Crippen molar-refractivity contribution >= 4 is 0 Å². The van der Waals surface area contributed by atoms with Crippen LogP contribution in [0.1, 0.15) is 43.7 Å². The third kappa shape index (κ3) is 4.98. The summed E-state index contributed by atoms with van der Waals surface area (Å²) in [5.74, 6) is 0. The van der Waals surface area contributed by atoms with Gasteiger partial charge in [0.2, 0.25) is 0 Å². The van der Waals surface area contributed by atoms with Gasteiger partial charge in [-0.3, -0.25) is 0 Å². The molecule has 0 amide bonds. The molecule has 84 valence electrons. The molecule has 0 bridgehead atoms. The van der Waals surface area contributed by atoms with E-state index >= 15 is 0 Å². The highest BCUT2D eigenvalue weighted by Gasteiger charge is 2.02. The third-order valence-electron chi connectivity index (χ3n) is 2.81. The number of aryl methyl sites for hydroxylation is 2. The molecule has 1 heteroatoms. The molecule has 0 saturated heterocycles. The molecule has 0 aliphatic rings. The number of nitrogens with two attached hydrogens (primary N) is 1.